The van der Waals surface area contributed by atoms with Crippen LogP contribution in [0, 0.1) is 11.3 Å². The van der Waals surface area contributed by atoms with E-state index in [1.807, 2.05) is 27.7 Å². The lowest BCUT2D eigenvalue weighted by Crippen LogP contribution is -2.55. The van der Waals surface area contributed by atoms with Crippen LogP contribution in [0.4, 0.5) is 0 Å². The molecule has 20 heavy (non-hydrogen) atoms. The highest BCUT2D eigenvalue weighted by atomic mass is 16.2. The number of piperidine rings is 1. The van der Waals surface area contributed by atoms with Crippen LogP contribution >= 0.6 is 0 Å². The summed E-state index contributed by atoms with van der Waals surface area (Å²) < 4.78 is 0. The maximum atomic E-state index is 12.2. The molecule has 1 aliphatic rings. The predicted octanol–water partition coefficient (Wildman–Crippen LogP) is 1.99. The highest BCUT2D eigenvalue weighted by Gasteiger charge is 2.40. The fourth-order valence-corrected chi connectivity index (χ4v) is 2.30. The molecule has 0 aromatic carbocycles. The van der Waals surface area contributed by atoms with Crippen LogP contribution in [0.2, 0.25) is 0 Å². The van der Waals surface area contributed by atoms with Gasteiger partial charge in [-0.15, -0.1) is 0 Å². The number of carbonyl (C=O) groups is 1. The summed E-state index contributed by atoms with van der Waals surface area (Å²) in [7, 11) is 0. The molecule has 1 rings (SSSR count). The molecule has 0 saturated carbocycles. The summed E-state index contributed by atoms with van der Waals surface area (Å²) in [6.07, 6.45) is 3.63. The van der Waals surface area contributed by atoms with E-state index in [4.69, 9.17) is 5.73 Å². The van der Waals surface area contributed by atoms with Gasteiger partial charge in [0, 0.05) is 12.1 Å². The Morgan fingerprint density at radius 1 is 1.25 bits per heavy atom. The molecule has 0 aliphatic carbocycles. The number of hydrogen-bond donors (Lipinski definition) is 2. The van der Waals surface area contributed by atoms with Gasteiger partial charge in [0.05, 0.1) is 5.41 Å². The highest BCUT2D eigenvalue weighted by molar-refractivity contribution is 5.83. The van der Waals surface area contributed by atoms with Crippen LogP contribution in [-0.4, -0.2) is 42.5 Å². The maximum absolute atomic E-state index is 12.2. The topological polar surface area (TPSA) is 58.4 Å². The average molecular weight is 283 g/mol. The van der Waals surface area contributed by atoms with Crippen LogP contribution in [0.5, 0.6) is 0 Å². The monoisotopic (exact) mass is 283 g/mol. The molecule has 1 saturated heterocycles. The molecule has 0 bridgehead atoms. The molecule has 1 fully saturated rings. The Bertz CT molecular complexity index is 312. The van der Waals surface area contributed by atoms with E-state index in [9.17, 15) is 4.79 Å². The van der Waals surface area contributed by atoms with E-state index in [1.54, 1.807) is 0 Å². The van der Waals surface area contributed by atoms with E-state index in [0.29, 0.717) is 0 Å². The van der Waals surface area contributed by atoms with E-state index >= 15 is 0 Å². The van der Waals surface area contributed by atoms with Crippen molar-refractivity contribution >= 4 is 5.91 Å². The molecule has 0 radical (unpaired) electrons. The lowest BCUT2D eigenvalue weighted by atomic mass is 9.74. The van der Waals surface area contributed by atoms with Gasteiger partial charge in [-0.05, 0) is 72.5 Å². The summed E-state index contributed by atoms with van der Waals surface area (Å²) in [5.41, 5.74) is 5.02. The zero-order chi connectivity index (χ0) is 15.4. The molecule has 4 nitrogen and oxygen atoms in total. The van der Waals surface area contributed by atoms with Crippen LogP contribution in [0.15, 0.2) is 0 Å². The Kier molecular flexibility index (Phi) is 6.02. The third-order valence-corrected chi connectivity index (χ3v) is 4.99. The molecular formula is C16H33N3O. The molecule has 0 spiro atoms. The molecule has 3 N–H and O–H groups in total. The maximum Gasteiger partial charge on any atom is 0.227 e. The summed E-state index contributed by atoms with van der Waals surface area (Å²) >= 11 is 0. The quantitative estimate of drug-likeness (QED) is 0.733. The van der Waals surface area contributed by atoms with Crippen molar-refractivity contribution in [3.8, 4) is 0 Å². The number of amides is 1. The first kappa shape index (κ1) is 17.4. The lowest BCUT2D eigenvalue weighted by molar-refractivity contribution is -0.132. The lowest BCUT2D eigenvalue weighted by Gasteiger charge is -2.37. The molecular weight excluding hydrogens is 250 g/mol. The number of carbonyl (C=O) groups excluding carboxylic acids is 1. The van der Waals surface area contributed by atoms with Gasteiger partial charge in [-0.3, -0.25) is 4.79 Å². The van der Waals surface area contributed by atoms with E-state index in [0.717, 1.165) is 25.4 Å². The van der Waals surface area contributed by atoms with Crippen molar-refractivity contribution in [1.82, 2.24) is 10.2 Å². The average Bonchev–Trinajstić information content (AvgIpc) is 2.35. The molecule has 118 valence electrons. The summed E-state index contributed by atoms with van der Waals surface area (Å²) in [4.78, 5) is 14.7. The van der Waals surface area contributed by atoms with Gasteiger partial charge in [0.25, 0.3) is 0 Å². The van der Waals surface area contributed by atoms with Crippen LogP contribution in [0.3, 0.4) is 0 Å². The van der Waals surface area contributed by atoms with Crippen LogP contribution in [0.1, 0.15) is 53.9 Å². The largest absolute Gasteiger partial charge is 0.356 e. The summed E-state index contributed by atoms with van der Waals surface area (Å²) in [5, 5.41) is 3.03. The molecule has 1 heterocycles. The van der Waals surface area contributed by atoms with Crippen molar-refractivity contribution in [2.24, 2.45) is 17.1 Å². The summed E-state index contributed by atoms with van der Waals surface area (Å²) in [6.45, 7) is 14.2. The van der Waals surface area contributed by atoms with Gasteiger partial charge in [-0.25, -0.2) is 0 Å². The van der Waals surface area contributed by atoms with Gasteiger partial charge in [-0.2, -0.15) is 0 Å². The van der Waals surface area contributed by atoms with E-state index < -0.39 is 11.0 Å². The second-order valence-electron chi connectivity index (χ2n) is 7.48. The van der Waals surface area contributed by atoms with Gasteiger partial charge in [-0.1, -0.05) is 6.92 Å². The number of hydrogen-bond acceptors (Lipinski definition) is 3. The number of nitrogens with one attached hydrogen (secondary N) is 1. The van der Waals surface area contributed by atoms with Crippen molar-refractivity contribution in [1.29, 1.82) is 0 Å². The normalized spacial score (nSPS) is 19.1. The first-order chi connectivity index (χ1) is 9.14. The van der Waals surface area contributed by atoms with Crippen LogP contribution < -0.4 is 11.1 Å². The molecule has 0 aromatic rings. The Morgan fingerprint density at radius 2 is 1.80 bits per heavy atom. The van der Waals surface area contributed by atoms with Crippen LogP contribution in [-0.2, 0) is 4.79 Å². The minimum Gasteiger partial charge on any atom is -0.356 e. The second-order valence-corrected chi connectivity index (χ2v) is 7.48. The predicted molar refractivity (Wildman–Crippen MR) is 84.5 cm³/mol. The third kappa shape index (κ3) is 4.74. The second kappa shape index (κ2) is 6.90. The number of nitrogens with two attached hydrogens (primary N) is 1. The van der Waals surface area contributed by atoms with Gasteiger partial charge >= 0.3 is 0 Å². The van der Waals surface area contributed by atoms with Crippen molar-refractivity contribution in [2.75, 3.05) is 26.2 Å². The minimum atomic E-state index is -0.548. The Balaban J connectivity index is 2.23. The van der Waals surface area contributed by atoms with Gasteiger partial charge in [0.1, 0.15) is 0 Å². The molecule has 0 atom stereocenters. The molecule has 0 aromatic heterocycles. The first-order valence-corrected chi connectivity index (χ1v) is 7.94. The van der Waals surface area contributed by atoms with Crippen molar-refractivity contribution in [3.05, 3.63) is 0 Å². The standard InChI is InChI=1S/C16H33N3O/c1-13-7-11-19(12-8-13)10-6-9-18-14(20)15(2,3)16(4,5)17/h13H,6-12,17H2,1-5H3,(H,18,20). The zero-order valence-electron chi connectivity index (χ0n) is 14.0. The van der Waals surface area contributed by atoms with Crippen molar-refractivity contribution in [3.63, 3.8) is 0 Å². The SMILES string of the molecule is CC1CCN(CCCNC(=O)C(C)(C)C(C)(C)N)CC1. The van der Waals surface area contributed by atoms with Crippen molar-refractivity contribution < 1.29 is 4.79 Å². The summed E-state index contributed by atoms with van der Waals surface area (Å²) in [5.74, 6) is 0.927. The zero-order valence-corrected chi connectivity index (χ0v) is 14.0. The fourth-order valence-electron chi connectivity index (χ4n) is 2.30. The number of rotatable bonds is 6. The molecule has 0 unspecified atom stereocenters. The molecule has 1 amide bonds. The first-order valence-electron chi connectivity index (χ1n) is 7.94. The van der Waals surface area contributed by atoms with Gasteiger partial charge in [0.15, 0.2) is 0 Å². The minimum absolute atomic E-state index is 0.0530. The Labute approximate surface area is 124 Å². The molecule has 1 aliphatic heterocycles. The Morgan fingerprint density at radius 3 is 2.30 bits per heavy atom. The van der Waals surface area contributed by atoms with E-state index in [1.165, 1.54) is 25.9 Å². The smallest absolute Gasteiger partial charge is 0.227 e. The van der Waals surface area contributed by atoms with Crippen molar-refractivity contribution in [2.45, 2.75) is 59.4 Å². The van der Waals surface area contributed by atoms with Gasteiger partial charge in [0.2, 0.25) is 5.91 Å². The van der Waals surface area contributed by atoms with Gasteiger partial charge < -0.3 is 16.0 Å². The Hall–Kier alpha value is -0.610. The fraction of sp³-hybridized carbons (Fsp3) is 0.938. The molecule has 4 heteroatoms. The highest BCUT2D eigenvalue weighted by Crippen LogP contribution is 2.28. The summed E-state index contributed by atoms with van der Waals surface area (Å²) in [6, 6.07) is 0. The third-order valence-electron chi connectivity index (χ3n) is 4.99. The number of nitrogens with zero attached hydrogens (tertiary/aromatic N) is 1. The number of likely N-dealkylation sites (tertiary alicyclic amines) is 1. The van der Waals surface area contributed by atoms with Crippen LogP contribution in [0.25, 0.3) is 0 Å². The van der Waals surface area contributed by atoms with E-state index in [-0.39, 0.29) is 5.91 Å². The van der Waals surface area contributed by atoms with E-state index in [2.05, 4.69) is 17.1 Å².